The fourth-order valence-corrected chi connectivity index (χ4v) is 4.31. The second kappa shape index (κ2) is 10.5. The van der Waals surface area contributed by atoms with Crippen molar-refractivity contribution in [1.29, 1.82) is 0 Å². The Labute approximate surface area is 208 Å². The van der Waals surface area contributed by atoms with Crippen molar-refractivity contribution < 1.29 is 38.1 Å². The lowest BCUT2D eigenvalue weighted by Crippen LogP contribution is -2.33. The van der Waals surface area contributed by atoms with E-state index in [4.69, 9.17) is 23.4 Å². The number of carbonyl (C=O) groups is 2. The summed E-state index contributed by atoms with van der Waals surface area (Å²) in [6.07, 6.45) is 1.79. The van der Waals surface area contributed by atoms with Crippen LogP contribution in [0.15, 0.2) is 70.5 Å². The zero-order chi connectivity index (χ0) is 25.8. The Kier molecular flexibility index (Phi) is 7.19. The molecule has 3 aromatic rings. The Hall–Kier alpha value is -4.40. The molecule has 0 aliphatic carbocycles. The third kappa shape index (κ3) is 4.47. The maximum absolute atomic E-state index is 13.4. The van der Waals surface area contributed by atoms with Crippen LogP contribution in [0.3, 0.4) is 0 Å². The summed E-state index contributed by atoms with van der Waals surface area (Å²) in [6.45, 7) is 0.202. The number of ketones is 1. The number of furan rings is 1. The molecule has 0 radical (unpaired) electrons. The average Bonchev–Trinajstić information content (AvgIpc) is 3.54. The molecule has 188 valence electrons. The number of hydrogen-bond acceptors (Lipinski definition) is 8. The van der Waals surface area contributed by atoms with E-state index in [-0.39, 0.29) is 17.9 Å². The monoisotopic (exact) mass is 493 g/mol. The quantitative estimate of drug-likeness (QED) is 0.420. The summed E-state index contributed by atoms with van der Waals surface area (Å²) in [4.78, 5) is 28.1. The van der Waals surface area contributed by atoms with Gasteiger partial charge < -0.3 is 33.4 Å². The minimum absolute atomic E-state index is 0.0172. The highest BCUT2D eigenvalue weighted by molar-refractivity contribution is 6.15. The molecule has 36 heavy (non-hydrogen) atoms. The largest absolute Gasteiger partial charge is 0.503 e. The minimum Gasteiger partial charge on any atom is -0.503 e. The van der Waals surface area contributed by atoms with E-state index in [2.05, 4.69) is 0 Å². The van der Waals surface area contributed by atoms with Gasteiger partial charge in [0.05, 0.1) is 46.3 Å². The average molecular weight is 494 g/mol. The van der Waals surface area contributed by atoms with E-state index in [9.17, 15) is 14.7 Å². The molecule has 2 aromatic carbocycles. The molecule has 1 aliphatic heterocycles. The molecule has 0 unspecified atom stereocenters. The van der Waals surface area contributed by atoms with Crippen molar-refractivity contribution in [1.82, 2.24) is 4.90 Å². The van der Waals surface area contributed by atoms with Crippen LogP contribution in [0.25, 0.3) is 0 Å². The van der Waals surface area contributed by atoms with Crippen molar-refractivity contribution in [3.8, 4) is 23.0 Å². The first kappa shape index (κ1) is 24.7. The third-order valence-electron chi connectivity index (χ3n) is 6.12. The molecule has 0 bridgehead atoms. The highest BCUT2D eigenvalue weighted by atomic mass is 16.5. The molecule has 0 spiro atoms. The number of carbonyl (C=O) groups excluding carboxylic acids is 2. The zero-order valence-corrected chi connectivity index (χ0v) is 20.4. The second-order valence-corrected chi connectivity index (χ2v) is 8.02. The fraction of sp³-hybridized carbons (Fsp3) is 0.259. The Morgan fingerprint density at radius 1 is 0.944 bits per heavy atom. The number of methoxy groups -OCH3 is 4. The van der Waals surface area contributed by atoms with Gasteiger partial charge >= 0.3 is 0 Å². The van der Waals surface area contributed by atoms with Gasteiger partial charge in [0.25, 0.3) is 5.91 Å². The molecule has 4 rings (SSSR count). The summed E-state index contributed by atoms with van der Waals surface area (Å²) in [5.74, 6) is 0.258. The van der Waals surface area contributed by atoms with Crippen LogP contribution < -0.4 is 18.9 Å². The Morgan fingerprint density at radius 2 is 1.69 bits per heavy atom. The number of nitrogens with zero attached hydrogens (tertiary/aromatic N) is 1. The minimum atomic E-state index is -0.906. The van der Waals surface area contributed by atoms with E-state index >= 15 is 0 Å². The van der Waals surface area contributed by atoms with Crippen LogP contribution in [0.5, 0.6) is 23.0 Å². The van der Waals surface area contributed by atoms with Crippen LogP contribution in [-0.4, -0.2) is 56.7 Å². The lowest BCUT2D eigenvalue weighted by atomic mass is 9.94. The summed E-state index contributed by atoms with van der Waals surface area (Å²) >= 11 is 0. The van der Waals surface area contributed by atoms with Crippen molar-refractivity contribution in [3.63, 3.8) is 0 Å². The number of amides is 1. The maximum Gasteiger partial charge on any atom is 0.290 e. The molecular weight excluding hydrogens is 466 g/mol. The molecule has 1 aromatic heterocycles. The first-order valence-electron chi connectivity index (χ1n) is 11.2. The number of hydrogen-bond donors (Lipinski definition) is 1. The number of Topliss-reactive ketones (excluding diaryl/α,β-unsaturated/α-hetero) is 1. The van der Waals surface area contributed by atoms with Gasteiger partial charge in [-0.2, -0.15) is 0 Å². The highest BCUT2D eigenvalue weighted by Crippen LogP contribution is 2.43. The SMILES string of the molecule is COc1ccc([C@@H]2C(C(=O)c3ccco3)=C(O)C(=O)N2CCc2ccc(OC)c(OC)c2)c(OC)c1. The van der Waals surface area contributed by atoms with Gasteiger partial charge in [-0.25, -0.2) is 0 Å². The van der Waals surface area contributed by atoms with E-state index in [1.165, 1.54) is 31.4 Å². The number of aliphatic hydroxyl groups excluding tert-OH is 1. The van der Waals surface area contributed by atoms with E-state index in [0.717, 1.165) is 5.56 Å². The third-order valence-corrected chi connectivity index (χ3v) is 6.12. The number of rotatable bonds is 10. The number of aliphatic hydroxyl groups is 1. The summed E-state index contributed by atoms with van der Waals surface area (Å²) in [7, 11) is 6.12. The van der Waals surface area contributed by atoms with Crippen molar-refractivity contribution in [2.75, 3.05) is 35.0 Å². The highest BCUT2D eigenvalue weighted by Gasteiger charge is 2.45. The topological polar surface area (TPSA) is 108 Å². The predicted molar refractivity (Wildman–Crippen MR) is 130 cm³/mol. The van der Waals surface area contributed by atoms with Gasteiger partial charge in [0.15, 0.2) is 23.0 Å². The van der Waals surface area contributed by atoms with Crippen LogP contribution in [0, 0.1) is 0 Å². The van der Waals surface area contributed by atoms with Gasteiger partial charge in [-0.15, -0.1) is 0 Å². The van der Waals surface area contributed by atoms with Crippen molar-refractivity contribution in [3.05, 3.63) is 83.0 Å². The molecule has 0 saturated heterocycles. The molecule has 1 atom stereocenters. The predicted octanol–water partition coefficient (Wildman–Crippen LogP) is 4.14. The van der Waals surface area contributed by atoms with Crippen LogP contribution in [0.4, 0.5) is 0 Å². The van der Waals surface area contributed by atoms with E-state index in [1.807, 2.05) is 12.1 Å². The van der Waals surface area contributed by atoms with E-state index in [1.54, 1.807) is 44.6 Å². The Bertz CT molecular complexity index is 1300. The summed E-state index contributed by atoms with van der Waals surface area (Å²) in [5.41, 5.74) is 1.33. The number of benzene rings is 2. The van der Waals surface area contributed by atoms with Crippen LogP contribution >= 0.6 is 0 Å². The molecule has 1 aliphatic rings. The van der Waals surface area contributed by atoms with Gasteiger partial charge in [-0.05, 0) is 48.4 Å². The first-order chi connectivity index (χ1) is 17.4. The molecule has 1 N–H and O–H groups in total. The molecule has 0 saturated carbocycles. The van der Waals surface area contributed by atoms with Gasteiger partial charge in [0.2, 0.25) is 5.78 Å². The van der Waals surface area contributed by atoms with Gasteiger partial charge in [-0.1, -0.05) is 6.07 Å². The molecule has 2 heterocycles. The van der Waals surface area contributed by atoms with E-state index < -0.39 is 23.5 Å². The van der Waals surface area contributed by atoms with Gasteiger partial charge in [0.1, 0.15) is 11.5 Å². The lowest BCUT2D eigenvalue weighted by Gasteiger charge is -2.28. The first-order valence-corrected chi connectivity index (χ1v) is 11.2. The molecule has 9 nitrogen and oxygen atoms in total. The van der Waals surface area contributed by atoms with Crippen molar-refractivity contribution in [2.24, 2.45) is 0 Å². The Balaban J connectivity index is 1.74. The fourth-order valence-electron chi connectivity index (χ4n) is 4.31. The summed E-state index contributed by atoms with van der Waals surface area (Å²) in [5, 5.41) is 10.9. The molecule has 9 heteroatoms. The van der Waals surface area contributed by atoms with Gasteiger partial charge in [-0.3, -0.25) is 9.59 Å². The van der Waals surface area contributed by atoms with Gasteiger partial charge in [0, 0.05) is 18.2 Å². The van der Waals surface area contributed by atoms with Crippen LogP contribution in [0.1, 0.15) is 27.7 Å². The van der Waals surface area contributed by atoms with Crippen LogP contribution in [0.2, 0.25) is 0 Å². The smallest absolute Gasteiger partial charge is 0.290 e. The Morgan fingerprint density at radius 3 is 2.33 bits per heavy atom. The second-order valence-electron chi connectivity index (χ2n) is 8.02. The molecule has 1 amide bonds. The summed E-state index contributed by atoms with van der Waals surface area (Å²) in [6, 6.07) is 12.7. The zero-order valence-electron chi connectivity index (χ0n) is 20.4. The number of ether oxygens (including phenoxy) is 4. The van der Waals surface area contributed by atoms with Crippen molar-refractivity contribution >= 4 is 11.7 Å². The molecular formula is C27H27NO8. The van der Waals surface area contributed by atoms with E-state index in [0.29, 0.717) is 35.0 Å². The maximum atomic E-state index is 13.4. The molecule has 0 fully saturated rings. The lowest BCUT2D eigenvalue weighted by molar-refractivity contribution is -0.129. The van der Waals surface area contributed by atoms with Crippen LogP contribution in [-0.2, 0) is 11.2 Å². The standard InChI is InChI=1S/C27H27NO8/c1-32-17-8-9-18(21(15-17)34-3)24-23(25(29)20-6-5-13-36-20)26(30)27(31)28(24)12-11-16-7-10-19(33-2)22(14-16)35-4/h5-10,13-15,24,30H,11-12H2,1-4H3/t24-/m1/s1. The van der Waals surface area contributed by atoms with Crippen molar-refractivity contribution in [2.45, 2.75) is 12.5 Å². The summed E-state index contributed by atoms with van der Waals surface area (Å²) < 4.78 is 26.8. The normalized spacial score (nSPS) is 15.3.